The van der Waals surface area contributed by atoms with Gasteiger partial charge in [0.1, 0.15) is 11.8 Å². The Morgan fingerprint density at radius 2 is 2.07 bits per heavy atom. The molecule has 1 aromatic rings. The van der Waals surface area contributed by atoms with Crippen molar-refractivity contribution in [1.29, 1.82) is 0 Å². The number of hydrogen-bond donors (Lipinski definition) is 2. The summed E-state index contributed by atoms with van der Waals surface area (Å²) in [6, 6.07) is 8.72. The Kier molecular flexibility index (Phi) is 7.98. The van der Waals surface area contributed by atoms with Gasteiger partial charge < -0.3 is 20.7 Å². The smallest absolute Gasteiger partial charge is 0.258 e. The van der Waals surface area contributed by atoms with Crippen LogP contribution in [0.25, 0.3) is 0 Å². The highest BCUT2D eigenvalue weighted by Crippen LogP contribution is 2.28. The van der Waals surface area contributed by atoms with Gasteiger partial charge in [-0.05, 0) is 42.4 Å². The Balaban J connectivity index is 1.95. The zero-order valence-electron chi connectivity index (χ0n) is 16.4. The SMILES string of the molecule is CSCCC(NC(=O)COc1ccccc1)C(=O)N1CCC(N)C(C)(C)C1. The number of nitrogens with two attached hydrogens (primary N) is 1. The molecule has 1 saturated heterocycles. The minimum Gasteiger partial charge on any atom is -0.484 e. The summed E-state index contributed by atoms with van der Waals surface area (Å²) < 4.78 is 5.49. The molecule has 1 fully saturated rings. The highest BCUT2D eigenvalue weighted by molar-refractivity contribution is 7.98. The van der Waals surface area contributed by atoms with Gasteiger partial charge in [0.15, 0.2) is 6.61 Å². The minimum atomic E-state index is -0.533. The Bertz CT molecular complexity index is 624. The Hall–Kier alpha value is -1.73. The lowest BCUT2D eigenvalue weighted by atomic mass is 9.79. The van der Waals surface area contributed by atoms with Crippen LogP contribution in [0.5, 0.6) is 5.75 Å². The van der Waals surface area contributed by atoms with Gasteiger partial charge in [-0.25, -0.2) is 0 Å². The fourth-order valence-electron chi connectivity index (χ4n) is 3.18. The summed E-state index contributed by atoms with van der Waals surface area (Å²) in [5.41, 5.74) is 6.05. The number of likely N-dealkylation sites (tertiary alicyclic amines) is 1. The zero-order valence-corrected chi connectivity index (χ0v) is 17.3. The standard InChI is InChI=1S/C20H31N3O3S/c1-20(2)14-23(11-9-17(20)21)19(25)16(10-12-27-3)22-18(24)13-26-15-7-5-4-6-8-15/h4-8,16-17H,9-14,21H2,1-3H3,(H,22,24). The molecule has 0 bridgehead atoms. The number of carbonyl (C=O) groups excluding carboxylic acids is 2. The van der Waals surface area contributed by atoms with Crippen LogP contribution in [0.3, 0.4) is 0 Å². The van der Waals surface area contributed by atoms with E-state index in [9.17, 15) is 9.59 Å². The third-order valence-corrected chi connectivity index (χ3v) is 5.62. The van der Waals surface area contributed by atoms with Crippen LogP contribution in [0.2, 0.25) is 0 Å². The lowest BCUT2D eigenvalue weighted by Crippen LogP contribution is -2.58. The number of benzene rings is 1. The van der Waals surface area contributed by atoms with Crippen molar-refractivity contribution in [2.75, 3.05) is 31.7 Å². The second-order valence-electron chi connectivity index (χ2n) is 7.65. The van der Waals surface area contributed by atoms with E-state index < -0.39 is 6.04 Å². The molecule has 0 aliphatic carbocycles. The predicted octanol–water partition coefficient (Wildman–Crippen LogP) is 1.89. The molecule has 0 saturated carbocycles. The van der Waals surface area contributed by atoms with Crippen molar-refractivity contribution in [2.45, 2.75) is 38.8 Å². The minimum absolute atomic E-state index is 0.0305. The summed E-state index contributed by atoms with van der Waals surface area (Å²) in [7, 11) is 0. The van der Waals surface area contributed by atoms with Gasteiger partial charge in [0.2, 0.25) is 5.91 Å². The number of ether oxygens (including phenoxy) is 1. The summed E-state index contributed by atoms with van der Waals surface area (Å²) in [6.07, 6.45) is 3.37. The Labute approximate surface area is 166 Å². The number of thioether (sulfide) groups is 1. The first-order valence-corrected chi connectivity index (χ1v) is 10.7. The maximum absolute atomic E-state index is 13.0. The third-order valence-electron chi connectivity index (χ3n) is 4.98. The summed E-state index contributed by atoms with van der Waals surface area (Å²) in [6.45, 7) is 5.30. The second kappa shape index (κ2) is 9.99. The monoisotopic (exact) mass is 393 g/mol. The number of hydrogen-bond acceptors (Lipinski definition) is 5. The van der Waals surface area contributed by atoms with E-state index in [0.717, 1.165) is 12.2 Å². The van der Waals surface area contributed by atoms with Crippen molar-refractivity contribution in [3.63, 3.8) is 0 Å². The highest BCUT2D eigenvalue weighted by Gasteiger charge is 2.37. The molecule has 3 N–H and O–H groups in total. The van der Waals surface area contributed by atoms with Gasteiger partial charge in [-0.1, -0.05) is 32.0 Å². The molecule has 27 heavy (non-hydrogen) atoms. The van der Waals surface area contributed by atoms with Crippen LogP contribution in [0.1, 0.15) is 26.7 Å². The fourth-order valence-corrected chi connectivity index (χ4v) is 3.65. The largest absolute Gasteiger partial charge is 0.484 e. The van der Waals surface area contributed by atoms with Gasteiger partial charge in [-0.2, -0.15) is 11.8 Å². The molecule has 2 rings (SSSR count). The van der Waals surface area contributed by atoms with Crippen molar-refractivity contribution in [3.05, 3.63) is 30.3 Å². The fraction of sp³-hybridized carbons (Fsp3) is 0.600. The highest BCUT2D eigenvalue weighted by atomic mass is 32.2. The molecule has 1 aliphatic rings. The Morgan fingerprint density at radius 3 is 2.70 bits per heavy atom. The van der Waals surface area contributed by atoms with Crippen molar-refractivity contribution in [2.24, 2.45) is 11.1 Å². The summed E-state index contributed by atoms with van der Waals surface area (Å²) in [5, 5.41) is 2.86. The third kappa shape index (κ3) is 6.43. The molecular formula is C20H31N3O3S. The molecule has 2 amide bonds. The molecule has 0 aromatic heterocycles. The molecule has 1 aliphatic heterocycles. The molecular weight excluding hydrogens is 362 g/mol. The average molecular weight is 394 g/mol. The van der Waals surface area contributed by atoms with Crippen molar-refractivity contribution in [1.82, 2.24) is 10.2 Å². The lowest BCUT2D eigenvalue weighted by Gasteiger charge is -2.43. The number of nitrogens with zero attached hydrogens (tertiary/aromatic N) is 1. The molecule has 1 aromatic carbocycles. The van der Waals surface area contributed by atoms with Crippen molar-refractivity contribution >= 4 is 23.6 Å². The number of para-hydroxylation sites is 1. The molecule has 0 spiro atoms. The maximum Gasteiger partial charge on any atom is 0.258 e. The van der Waals surface area contributed by atoms with E-state index in [1.54, 1.807) is 23.9 Å². The van der Waals surface area contributed by atoms with Crippen LogP contribution in [0.4, 0.5) is 0 Å². The number of carbonyl (C=O) groups is 2. The van der Waals surface area contributed by atoms with E-state index in [0.29, 0.717) is 25.3 Å². The van der Waals surface area contributed by atoms with Gasteiger partial charge in [0.05, 0.1) is 0 Å². The normalized spacial score (nSPS) is 20.0. The van der Waals surface area contributed by atoms with E-state index in [1.807, 2.05) is 29.4 Å². The predicted molar refractivity (Wildman–Crippen MR) is 110 cm³/mol. The topological polar surface area (TPSA) is 84.7 Å². The van der Waals surface area contributed by atoms with Crippen LogP contribution in [0.15, 0.2) is 30.3 Å². The molecule has 2 unspecified atom stereocenters. The van der Waals surface area contributed by atoms with E-state index in [2.05, 4.69) is 19.2 Å². The van der Waals surface area contributed by atoms with E-state index in [4.69, 9.17) is 10.5 Å². The molecule has 6 nitrogen and oxygen atoms in total. The van der Waals surface area contributed by atoms with E-state index in [-0.39, 0.29) is 29.9 Å². The van der Waals surface area contributed by atoms with Gasteiger partial charge in [-0.15, -0.1) is 0 Å². The molecule has 150 valence electrons. The first kappa shape index (κ1) is 21.6. The second-order valence-corrected chi connectivity index (χ2v) is 8.63. The van der Waals surface area contributed by atoms with E-state index in [1.165, 1.54) is 0 Å². The van der Waals surface area contributed by atoms with Crippen LogP contribution in [0, 0.1) is 5.41 Å². The van der Waals surface area contributed by atoms with E-state index >= 15 is 0 Å². The van der Waals surface area contributed by atoms with Crippen molar-refractivity contribution < 1.29 is 14.3 Å². The molecule has 7 heteroatoms. The van der Waals surface area contributed by atoms with Crippen LogP contribution in [-0.4, -0.2) is 60.5 Å². The quantitative estimate of drug-likeness (QED) is 0.705. The van der Waals surface area contributed by atoms with Crippen molar-refractivity contribution in [3.8, 4) is 5.75 Å². The number of rotatable bonds is 8. The summed E-state index contributed by atoms with van der Waals surface area (Å²) in [4.78, 5) is 27.2. The van der Waals surface area contributed by atoms with Gasteiger partial charge in [0, 0.05) is 19.1 Å². The van der Waals surface area contributed by atoms with Crippen LogP contribution >= 0.6 is 11.8 Å². The first-order valence-electron chi connectivity index (χ1n) is 9.34. The zero-order chi connectivity index (χ0) is 19.9. The number of nitrogens with one attached hydrogen (secondary N) is 1. The first-order chi connectivity index (χ1) is 12.8. The van der Waals surface area contributed by atoms with Gasteiger partial charge >= 0.3 is 0 Å². The molecule has 1 heterocycles. The lowest BCUT2D eigenvalue weighted by molar-refractivity contribution is -0.139. The summed E-state index contributed by atoms with van der Waals surface area (Å²) >= 11 is 1.66. The maximum atomic E-state index is 13.0. The van der Waals surface area contributed by atoms with Gasteiger partial charge in [-0.3, -0.25) is 9.59 Å². The molecule has 2 atom stereocenters. The van der Waals surface area contributed by atoms with Crippen LogP contribution < -0.4 is 15.8 Å². The number of amides is 2. The molecule has 0 radical (unpaired) electrons. The average Bonchev–Trinajstić information content (AvgIpc) is 2.65. The van der Waals surface area contributed by atoms with Crippen LogP contribution in [-0.2, 0) is 9.59 Å². The number of piperidine rings is 1. The Morgan fingerprint density at radius 1 is 1.37 bits per heavy atom. The van der Waals surface area contributed by atoms with Gasteiger partial charge in [0.25, 0.3) is 5.91 Å². The summed E-state index contributed by atoms with van der Waals surface area (Å²) in [5.74, 6) is 1.11.